The van der Waals surface area contributed by atoms with Crippen LogP contribution in [0.1, 0.15) is 21.7 Å². The van der Waals surface area contributed by atoms with Crippen LogP contribution in [0.4, 0.5) is 13.2 Å². The van der Waals surface area contributed by atoms with Crippen molar-refractivity contribution < 1.29 is 31.9 Å². The van der Waals surface area contributed by atoms with Crippen molar-refractivity contribution in [1.29, 1.82) is 0 Å². The van der Waals surface area contributed by atoms with E-state index in [4.69, 9.17) is 25.5 Å². The Bertz CT molecular complexity index is 1040. The third kappa shape index (κ3) is 5.88. The van der Waals surface area contributed by atoms with E-state index in [1.807, 2.05) is 0 Å². The van der Waals surface area contributed by atoms with Crippen LogP contribution in [0.2, 0.25) is 0 Å². The van der Waals surface area contributed by atoms with Crippen LogP contribution in [0, 0.1) is 10.6 Å². The van der Waals surface area contributed by atoms with E-state index in [1.54, 1.807) is 49.4 Å². The average molecular weight is 554 g/mol. The number of benzene rings is 2. The van der Waals surface area contributed by atoms with Crippen molar-refractivity contribution in [2.75, 3.05) is 14.2 Å². The summed E-state index contributed by atoms with van der Waals surface area (Å²) in [6.45, 7) is 1.73. The maximum atomic E-state index is 12.7. The standard InChI is InChI=1S/C12H9F3INO2.C8H7ClO2/c1-6-7(4-3-5-8(6)18-2)11-17-10(16)9(19-11)12(13,14)15;1-11-7-4-2-3-6(5-7)8(9)10/h3-5H,1-2H3;2-5H,1H3. The van der Waals surface area contributed by atoms with E-state index in [-0.39, 0.29) is 9.59 Å². The predicted molar refractivity (Wildman–Crippen MR) is 114 cm³/mol. The minimum absolute atomic E-state index is 0.0619. The number of alkyl halides is 3. The molecule has 0 amide bonds. The van der Waals surface area contributed by atoms with Crippen molar-refractivity contribution in [1.82, 2.24) is 4.98 Å². The Morgan fingerprint density at radius 3 is 2.33 bits per heavy atom. The number of methoxy groups -OCH3 is 2. The lowest BCUT2D eigenvalue weighted by atomic mass is 10.1. The fourth-order valence-electron chi connectivity index (χ4n) is 2.40. The minimum Gasteiger partial charge on any atom is -0.497 e. The molecule has 0 unspecified atom stereocenters. The molecule has 0 spiro atoms. The number of nitrogens with zero attached hydrogens (tertiary/aromatic N) is 1. The van der Waals surface area contributed by atoms with Crippen molar-refractivity contribution in [3.05, 3.63) is 63.1 Å². The number of halogens is 5. The Hall–Kier alpha value is -2.27. The van der Waals surface area contributed by atoms with Crippen LogP contribution in [0.3, 0.4) is 0 Å². The van der Waals surface area contributed by atoms with Gasteiger partial charge in [-0.25, -0.2) is 4.98 Å². The van der Waals surface area contributed by atoms with E-state index < -0.39 is 17.2 Å². The number of oxazole rings is 1. The molecular formula is C20H16ClF3INO4. The number of carbonyl (C=O) groups excluding carboxylic acids is 1. The highest BCUT2D eigenvalue weighted by Crippen LogP contribution is 2.37. The molecule has 160 valence electrons. The number of carbonyl (C=O) groups is 1. The molecule has 0 fully saturated rings. The van der Waals surface area contributed by atoms with Crippen molar-refractivity contribution in [2.45, 2.75) is 13.1 Å². The summed E-state index contributed by atoms with van der Waals surface area (Å²) in [5, 5.41) is -0.469. The predicted octanol–water partition coefficient (Wildman–Crippen LogP) is 6.36. The molecule has 1 heterocycles. The lowest BCUT2D eigenvalue weighted by Gasteiger charge is -2.07. The van der Waals surface area contributed by atoms with Gasteiger partial charge >= 0.3 is 6.18 Å². The first-order valence-electron chi connectivity index (χ1n) is 8.29. The van der Waals surface area contributed by atoms with E-state index in [0.717, 1.165) is 0 Å². The molecule has 0 atom stereocenters. The highest BCUT2D eigenvalue weighted by molar-refractivity contribution is 14.1. The molecule has 10 heteroatoms. The zero-order chi connectivity index (χ0) is 22.5. The summed E-state index contributed by atoms with van der Waals surface area (Å²) in [4.78, 5) is 14.5. The second kappa shape index (κ2) is 10.2. The van der Waals surface area contributed by atoms with Gasteiger partial charge in [-0.05, 0) is 71.4 Å². The van der Waals surface area contributed by atoms with Gasteiger partial charge in [0.25, 0.3) is 5.24 Å². The minimum atomic E-state index is -4.55. The molecule has 30 heavy (non-hydrogen) atoms. The number of rotatable bonds is 4. The molecule has 5 nitrogen and oxygen atoms in total. The molecule has 0 aliphatic heterocycles. The largest absolute Gasteiger partial charge is 0.497 e. The van der Waals surface area contributed by atoms with Gasteiger partial charge < -0.3 is 13.9 Å². The number of ether oxygens (including phenoxy) is 2. The highest BCUT2D eigenvalue weighted by Gasteiger charge is 2.39. The normalized spacial score (nSPS) is 10.8. The van der Waals surface area contributed by atoms with Gasteiger partial charge in [-0.1, -0.05) is 12.1 Å². The summed E-state index contributed by atoms with van der Waals surface area (Å²) in [7, 11) is 3.03. The lowest BCUT2D eigenvalue weighted by molar-refractivity contribution is -0.153. The molecule has 0 bridgehead atoms. The number of hydrogen-bond acceptors (Lipinski definition) is 5. The van der Waals surface area contributed by atoms with Crippen LogP contribution in [0.5, 0.6) is 11.5 Å². The molecule has 1 aromatic heterocycles. The van der Waals surface area contributed by atoms with Gasteiger partial charge in [0.1, 0.15) is 11.5 Å². The van der Waals surface area contributed by atoms with Crippen LogP contribution in [-0.2, 0) is 6.18 Å². The molecule has 0 saturated heterocycles. The van der Waals surface area contributed by atoms with Crippen LogP contribution >= 0.6 is 34.2 Å². The fraction of sp³-hybridized carbons (Fsp3) is 0.200. The van der Waals surface area contributed by atoms with E-state index in [1.165, 1.54) is 36.8 Å². The third-order valence-electron chi connectivity index (χ3n) is 3.87. The summed E-state index contributed by atoms with van der Waals surface area (Å²) < 4.78 is 52.6. The van der Waals surface area contributed by atoms with Crippen LogP contribution in [0.25, 0.3) is 11.5 Å². The fourth-order valence-corrected chi connectivity index (χ4v) is 3.16. The summed E-state index contributed by atoms with van der Waals surface area (Å²) in [6.07, 6.45) is -4.55. The molecular weight excluding hydrogens is 538 g/mol. The van der Waals surface area contributed by atoms with E-state index in [2.05, 4.69) is 4.98 Å². The molecule has 0 saturated carbocycles. The van der Waals surface area contributed by atoms with Crippen molar-refractivity contribution in [3.63, 3.8) is 0 Å². The van der Waals surface area contributed by atoms with Gasteiger partial charge in [0.15, 0.2) is 3.70 Å². The quantitative estimate of drug-likeness (QED) is 0.278. The summed E-state index contributed by atoms with van der Waals surface area (Å²) in [5.74, 6) is 0.0641. The number of hydrogen-bond donors (Lipinski definition) is 0. The maximum Gasteiger partial charge on any atom is 0.452 e. The van der Waals surface area contributed by atoms with Gasteiger partial charge in [-0.2, -0.15) is 13.2 Å². The highest BCUT2D eigenvalue weighted by atomic mass is 127. The lowest BCUT2D eigenvalue weighted by Crippen LogP contribution is -2.04. The molecule has 0 aliphatic carbocycles. The smallest absolute Gasteiger partial charge is 0.452 e. The Morgan fingerprint density at radius 1 is 1.13 bits per heavy atom. The van der Waals surface area contributed by atoms with Gasteiger partial charge in [0.05, 0.1) is 14.2 Å². The topological polar surface area (TPSA) is 61.6 Å². The Kier molecular flexibility index (Phi) is 8.13. The SMILES string of the molecule is COc1cccc(-c2nc(I)c(C(F)(F)F)o2)c1C.COc1cccc(C(=O)Cl)c1. The average Bonchev–Trinajstić information content (AvgIpc) is 3.10. The zero-order valence-corrected chi connectivity index (χ0v) is 18.9. The van der Waals surface area contributed by atoms with Crippen molar-refractivity contribution in [2.24, 2.45) is 0 Å². The second-order valence-electron chi connectivity index (χ2n) is 5.78. The van der Waals surface area contributed by atoms with E-state index >= 15 is 0 Å². The first-order valence-corrected chi connectivity index (χ1v) is 9.75. The molecule has 0 aliphatic rings. The summed E-state index contributed by atoms with van der Waals surface area (Å²) in [6, 6.07) is 11.7. The van der Waals surface area contributed by atoms with Crippen LogP contribution in [0.15, 0.2) is 46.9 Å². The number of aromatic nitrogens is 1. The van der Waals surface area contributed by atoms with Crippen molar-refractivity contribution in [3.8, 4) is 23.0 Å². The third-order valence-corrected chi connectivity index (χ3v) is 4.82. The van der Waals surface area contributed by atoms with Crippen molar-refractivity contribution >= 4 is 39.4 Å². The monoisotopic (exact) mass is 553 g/mol. The van der Waals surface area contributed by atoms with Crippen LogP contribution < -0.4 is 9.47 Å². The Balaban J connectivity index is 0.000000248. The van der Waals surface area contributed by atoms with Gasteiger partial charge in [0, 0.05) is 16.7 Å². The first-order chi connectivity index (χ1) is 14.1. The Morgan fingerprint density at radius 2 is 1.80 bits per heavy atom. The van der Waals surface area contributed by atoms with E-state index in [0.29, 0.717) is 28.2 Å². The summed E-state index contributed by atoms with van der Waals surface area (Å²) in [5.41, 5.74) is 1.61. The summed E-state index contributed by atoms with van der Waals surface area (Å²) >= 11 is 6.74. The second-order valence-corrected chi connectivity index (χ2v) is 7.14. The maximum absolute atomic E-state index is 12.7. The van der Waals surface area contributed by atoms with Gasteiger partial charge in [-0.15, -0.1) is 0 Å². The van der Waals surface area contributed by atoms with E-state index in [9.17, 15) is 18.0 Å². The van der Waals surface area contributed by atoms with Gasteiger partial charge in [-0.3, -0.25) is 4.79 Å². The van der Waals surface area contributed by atoms with Gasteiger partial charge in [0.2, 0.25) is 11.7 Å². The zero-order valence-electron chi connectivity index (χ0n) is 16.0. The molecule has 0 radical (unpaired) electrons. The van der Waals surface area contributed by atoms with Crippen LogP contribution in [-0.4, -0.2) is 24.4 Å². The Labute approximate surface area is 189 Å². The molecule has 0 N–H and O–H groups in total. The molecule has 3 rings (SSSR count). The molecule has 2 aromatic carbocycles. The first kappa shape index (κ1) is 24.0. The molecule has 3 aromatic rings.